The molecule has 312 valence electrons. The lowest BCUT2D eigenvalue weighted by Gasteiger charge is -2.25. The predicted molar refractivity (Wildman–Crippen MR) is 224 cm³/mol. The Morgan fingerprint density at radius 3 is 1.10 bits per heavy atom. The number of carbonyl (C=O) groups excluding carboxylic acids is 1. The highest BCUT2D eigenvalue weighted by Gasteiger charge is 2.39. The second-order valence-electron chi connectivity index (χ2n) is 12.8. The Labute approximate surface area is 348 Å². The van der Waals surface area contributed by atoms with Gasteiger partial charge in [0, 0.05) is 5.56 Å². The molecule has 6 aromatic carbocycles. The molecule has 0 spiro atoms. The normalized spacial score (nSPS) is 11.4. The zero-order chi connectivity index (χ0) is 42.4. The molecule has 60 heavy (non-hydrogen) atoms. The van der Waals surface area contributed by atoms with Crippen LogP contribution in [0.4, 0.5) is 0 Å². The fourth-order valence-corrected chi connectivity index (χ4v) is 8.13. The molecule has 0 heterocycles. The number of hydrogen-bond donors (Lipinski definition) is 0. The number of ketones is 1. The summed E-state index contributed by atoms with van der Waals surface area (Å²) in [5.41, 5.74) is 2.42. The summed E-state index contributed by atoms with van der Waals surface area (Å²) in [6.45, 7) is -0.840. The molecule has 0 amide bonds. The smallest absolute Gasteiger partial charge is 0.493 e. The number of hydrogen-bond acceptors (Lipinski definition) is 13. The maximum atomic E-state index is 15.0. The van der Waals surface area contributed by atoms with Crippen LogP contribution in [-0.4, -0.2) is 34.2 Å². The van der Waals surface area contributed by atoms with E-state index in [1.165, 1.54) is 52.7 Å². The maximum absolute atomic E-state index is 15.0. The number of ether oxygens (including phenoxy) is 4. The predicted octanol–water partition coefficient (Wildman–Crippen LogP) is 10.8. The average molecular weight is 855 g/mol. The molecule has 0 aromatic heterocycles. The number of rotatable bonds is 22. The minimum atomic E-state index is -4.75. The Hall–Kier alpha value is -5.91. The van der Waals surface area contributed by atoms with E-state index < -0.39 is 32.9 Å². The van der Waals surface area contributed by atoms with E-state index in [2.05, 4.69) is 0 Å². The number of phosphoric acid groups is 2. The monoisotopic (exact) mass is 854 g/mol. The van der Waals surface area contributed by atoms with Gasteiger partial charge in [-0.3, -0.25) is 22.9 Å². The van der Waals surface area contributed by atoms with Crippen LogP contribution in [0.3, 0.4) is 0 Å². The number of methoxy groups -OCH3 is 4. The van der Waals surface area contributed by atoms with Crippen molar-refractivity contribution in [1.29, 1.82) is 0 Å². The van der Waals surface area contributed by atoms with Crippen molar-refractivity contribution in [2.75, 3.05) is 28.4 Å². The van der Waals surface area contributed by atoms with E-state index in [-0.39, 0.29) is 60.6 Å². The molecule has 0 fully saturated rings. The Bertz CT molecular complexity index is 2300. The second kappa shape index (κ2) is 20.9. The van der Waals surface area contributed by atoms with Crippen molar-refractivity contribution in [2.24, 2.45) is 0 Å². The molecule has 0 aliphatic rings. The van der Waals surface area contributed by atoms with E-state index in [0.717, 1.165) is 0 Å². The molecule has 0 bridgehead atoms. The van der Waals surface area contributed by atoms with Gasteiger partial charge in [0.05, 0.1) is 60.4 Å². The molecule has 6 aromatic rings. The number of carbonyl (C=O) groups is 1. The van der Waals surface area contributed by atoms with Gasteiger partial charge in [-0.05, 0) is 46.5 Å². The number of benzene rings is 6. The third kappa shape index (κ3) is 11.4. The molecule has 0 unspecified atom stereocenters. The van der Waals surface area contributed by atoms with E-state index in [9.17, 15) is 9.36 Å². The van der Waals surface area contributed by atoms with Gasteiger partial charge in [0.2, 0.25) is 11.5 Å². The topological polar surface area (TPSA) is 144 Å². The minimum Gasteiger partial charge on any atom is -0.493 e. The van der Waals surface area contributed by atoms with Crippen LogP contribution < -0.4 is 28.0 Å². The highest BCUT2D eigenvalue weighted by Crippen LogP contribution is 2.60. The van der Waals surface area contributed by atoms with Gasteiger partial charge in [0.25, 0.3) is 0 Å². The molecule has 0 N–H and O–H groups in total. The van der Waals surface area contributed by atoms with Gasteiger partial charge in [-0.15, -0.1) is 0 Å². The summed E-state index contributed by atoms with van der Waals surface area (Å²) in [6.07, 6.45) is 0. The van der Waals surface area contributed by atoms with Crippen LogP contribution in [0.2, 0.25) is 0 Å². The third-order valence-corrected chi connectivity index (χ3v) is 11.4. The molecule has 0 aliphatic heterocycles. The molecule has 6 rings (SSSR count). The van der Waals surface area contributed by atoms with Gasteiger partial charge >= 0.3 is 15.6 Å². The number of phosphoric ester groups is 2. The zero-order valence-electron chi connectivity index (χ0n) is 33.4. The molecular formula is C45H44O13P2. The van der Waals surface area contributed by atoms with Gasteiger partial charge in [0.15, 0.2) is 28.8 Å². The Kier molecular flexibility index (Phi) is 15.2. The first-order valence-electron chi connectivity index (χ1n) is 18.5. The minimum absolute atomic E-state index is 0.0412. The van der Waals surface area contributed by atoms with Crippen molar-refractivity contribution in [3.63, 3.8) is 0 Å². The third-order valence-electron chi connectivity index (χ3n) is 8.80. The van der Waals surface area contributed by atoms with Gasteiger partial charge < -0.3 is 28.0 Å². The molecule has 13 nitrogen and oxygen atoms in total. The van der Waals surface area contributed by atoms with Gasteiger partial charge in [0.1, 0.15) is 0 Å². The quantitative estimate of drug-likeness (QED) is 0.0472. The second-order valence-corrected chi connectivity index (χ2v) is 16.0. The Morgan fingerprint density at radius 1 is 0.417 bits per heavy atom. The lowest BCUT2D eigenvalue weighted by Crippen LogP contribution is -2.12. The van der Waals surface area contributed by atoms with Gasteiger partial charge in [-0.2, -0.15) is 0 Å². The molecule has 0 saturated heterocycles. The van der Waals surface area contributed by atoms with E-state index in [0.29, 0.717) is 22.3 Å². The summed E-state index contributed by atoms with van der Waals surface area (Å²) in [4.78, 5) is 14.8. The highest BCUT2D eigenvalue weighted by atomic mass is 31.2. The van der Waals surface area contributed by atoms with Crippen molar-refractivity contribution < 1.29 is 60.0 Å². The van der Waals surface area contributed by atoms with E-state index in [4.69, 9.17) is 46.1 Å². The van der Waals surface area contributed by atoms with Crippen LogP contribution in [0.25, 0.3) is 0 Å². The lowest BCUT2D eigenvalue weighted by atomic mass is 10.0. The maximum Gasteiger partial charge on any atom is 0.530 e. The first-order valence-corrected chi connectivity index (χ1v) is 21.5. The van der Waals surface area contributed by atoms with Crippen molar-refractivity contribution in [1.82, 2.24) is 0 Å². The van der Waals surface area contributed by atoms with Crippen LogP contribution in [0.5, 0.6) is 34.5 Å². The zero-order valence-corrected chi connectivity index (χ0v) is 35.2. The summed E-state index contributed by atoms with van der Waals surface area (Å²) in [7, 11) is -3.87. The highest BCUT2D eigenvalue weighted by molar-refractivity contribution is 7.49. The standard InChI is InChI=1S/C45H44O13P2/c1-49-39-26-25-38(42(46)37-27-40(50-2)44(52-4)41(28-37)51-3)43(57-59(47,53-29-33-17-9-5-10-18-33)54-30-34-19-11-6-12-20-34)45(39)58-60(48,55-31-35-21-13-7-14-22-35)56-32-36-23-15-8-16-24-36/h5-28H,29-32H2,1-4H3. The van der Waals surface area contributed by atoms with Crippen LogP contribution in [0.1, 0.15) is 38.2 Å². The first kappa shape index (κ1) is 43.7. The Balaban J connectivity index is 1.50. The SMILES string of the molecule is COc1cc(C(=O)c2ccc(OC)c(OP(=O)(OCc3ccccc3)OCc3ccccc3)c2OP(=O)(OCc2ccccc2)OCc2ccccc2)cc(OC)c1OC. The molecular weight excluding hydrogens is 810 g/mol. The summed E-state index contributed by atoms with van der Waals surface area (Å²) in [6, 6.07) is 41.5. The van der Waals surface area contributed by atoms with Crippen LogP contribution in [-0.2, 0) is 53.7 Å². The first-order chi connectivity index (χ1) is 29.2. The van der Waals surface area contributed by atoms with E-state index >= 15 is 4.57 Å². The summed E-state index contributed by atoms with van der Waals surface area (Å²) < 4.78 is 88.5. The molecule has 0 saturated carbocycles. The molecule has 0 aliphatic carbocycles. The van der Waals surface area contributed by atoms with E-state index in [1.807, 2.05) is 24.3 Å². The fraction of sp³-hybridized carbons (Fsp3) is 0.178. The van der Waals surface area contributed by atoms with E-state index in [1.54, 1.807) is 97.1 Å². The molecule has 0 atom stereocenters. The van der Waals surface area contributed by atoms with Crippen LogP contribution in [0.15, 0.2) is 146 Å². The van der Waals surface area contributed by atoms with Crippen molar-refractivity contribution in [3.8, 4) is 34.5 Å². The summed E-state index contributed by atoms with van der Waals surface area (Å²) in [5.74, 6) is -1.13. The molecule has 0 radical (unpaired) electrons. The average Bonchev–Trinajstić information content (AvgIpc) is 3.30. The van der Waals surface area contributed by atoms with Gasteiger partial charge in [-0.25, -0.2) is 9.13 Å². The van der Waals surface area contributed by atoms with Crippen molar-refractivity contribution in [2.45, 2.75) is 26.4 Å². The van der Waals surface area contributed by atoms with Gasteiger partial charge in [-0.1, -0.05) is 121 Å². The Morgan fingerprint density at radius 2 is 0.767 bits per heavy atom. The summed E-state index contributed by atoms with van der Waals surface area (Å²) in [5, 5.41) is 0. The lowest BCUT2D eigenvalue weighted by molar-refractivity contribution is 0.103. The fourth-order valence-electron chi connectivity index (χ4n) is 5.74. The van der Waals surface area contributed by atoms with Crippen LogP contribution in [0, 0.1) is 0 Å². The largest absolute Gasteiger partial charge is 0.530 e. The molecule has 15 heteroatoms. The summed E-state index contributed by atoms with van der Waals surface area (Å²) >= 11 is 0. The van der Waals surface area contributed by atoms with Crippen LogP contribution >= 0.6 is 15.6 Å². The van der Waals surface area contributed by atoms with Crippen molar-refractivity contribution >= 4 is 21.4 Å². The van der Waals surface area contributed by atoms with Crippen molar-refractivity contribution in [3.05, 3.63) is 179 Å².